The van der Waals surface area contributed by atoms with Crippen molar-refractivity contribution >= 4 is 5.91 Å². The summed E-state index contributed by atoms with van der Waals surface area (Å²) >= 11 is 0. The van der Waals surface area contributed by atoms with Crippen molar-refractivity contribution in [2.24, 2.45) is 5.73 Å². The van der Waals surface area contributed by atoms with E-state index in [4.69, 9.17) is 10.5 Å². The Morgan fingerprint density at radius 1 is 1.50 bits per heavy atom. The van der Waals surface area contributed by atoms with Crippen LogP contribution in [0.5, 0.6) is 11.5 Å². The second-order valence-corrected chi connectivity index (χ2v) is 4.32. The molecule has 0 bridgehead atoms. The average Bonchev–Trinajstić information content (AvgIpc) is 2.29. The monoisotopic (exact) mass is 252 g/mol. The molecule has 1 aromatic rings. The van der Waals surface area contributed by atoms with Gasteiger partial charge in [0.15, 0.2) is 11.5 Å². The van der Waals surface area contributed by atoms with Crippen LogP contribution in [0.15, 0.2) is 18.2 Å². The highest BCUT2D eigenvalue weighted by molar-refractivity contribution is 5.81. The fraction of sp³-hybridized carbons (Fsp3) is 0.462. The zero-order chi connectivity index (χ0) is 13.7. The molecule has 0 saturated heterocycles. The second kappa shape index (κ2) is 6.26. The van der Waals surface area contributed by atoms with Crippen LogP contribution in [0, 0.1) is 0 Å². The molecule has 0 aliphatic carbocycles. The van der Waals surface area contributed by atoms with Gasteiger partial charge in [0.2, 0.25) is 5.91 Å². The van der Waals surface area contributed by atoms with Gasteiger partial charge in [-0.1, -0.05) is 6.07 Å². The van der Waals surface area contributed by atoms with Crippen LogP contribution in [0.2, 0.25) is 0 Å². The quantitative estimate of drug-likeness (QED) is 0.712. The number of phenols is 1. The van der Waals surface area contributed by atoms with Gasteiger partial charge in [-0.3, -0.25) is 10.1 Å². The lowest BCUT2D eigenvalue weighted by Crippen LogP contribution is -2.37. The maximum absolute atomic E-state index is 11.4. The molecule has 0 heterocycles. The molecule has 1 amide bonds. The van der Waals surface area contributed by atoms with Crippen LogP contribution in [0.3, 0.4) is 0 Å². The molecule has 1 aromatic carbocycles. The van der Waals surface area contributed by atoms with Crippen LogP contribution >= 0.6 is 0 Å². The van der Waals surface area contributed by atoms with E-state index in [1.165, 1.54) is 6.07 Å². The molecule has 1 atom stereocenters. The Morgan fingerprint density at radius 3 is 2.67 bits per heavy atom. The van der Waals surface area contributed by atoms with E-state index in [1.54, 1.807) is 12.1 Å². The number of aromatic hydroxyl groups is 1. The Kier molecular flexibility index (Phi) is 4.97. The summed E-state index contributed by atoms with van der Waals surface area (Å²) in [7, 11) is 0. The first kappa shape index (κ1) is 14.3. The number of carbonyl (C=O) groups is 1. The summed E-state index contributed by atoms with van der Waals surface area (Å²) in [5, 5.41) is 12.7. The van der Waals surface area contributed by atoms with Crippen molar-refractivity contribution in [1.29, 1.82) is 0 Å². The van der Waals surface area contributed by atoms with Crippen molar-refractivity contribution in [2.45, 2.75) is 32.9 Å². The summed E-state index contributed by atoms with van der Waals surface area (Å²) in [5.74, 6) is -0.0583. The molecule has 18 heavy (non-hydrogen) atoms. The zero-order valence-corrected chi connectivity index (χ0v) is 10.9. The number of nitrogens with two attached hydrogens (primary N) is 1. The van der Waals surface area contributed by atoms with Gasteiger partial charge in [0.05, 0.1) is 6.61 Å². The van der Waals surface area contributed by atoms with E-state index < -0.39 is 11.9 Å². The lowest BCUT2D eigenvalue weighted by molar-refractivity contribution is -0.120. The van der Waals surface area contributed by atoms with Crippen molar-refractivity contribution in [2.75, 3.05) is 6.61 Å². The molecular formula is C13H20N2O3. The zero-order valence-electron chi connectivity index (χ0n) is 10.9. The Hall–Kier alpha value is -1.75. The normalized spacial score (nSPS) is 12.4. The van der Waals surface area contributed by atoms with Crippen LogP contribution in [0.4, 0.5) is 0 Å². The van der Waals surface area contributed by atoms with Gasteiger partial charge in [-0.15, -0.1) is 0 Å². The average molecular weight is 252 g/mol. The predicted molar refractivity (Wildman–Crippen MR) is 69.5 cm³/mol. The third-order valence-electron chi connectivity index (χ3n) is 2.40. The molecule has 100 valence electrons. The molecule has 0 spiro atoms. The third-order valence-corrected chi connectivity index (χ3v) is 2.40. The van der Waals surface area contributed by atoms with E-state index in [0.717, 1.165) is 0 Å². The van der Waals surface area contributed by atoms with Crippen LogP contribution in [-0.4, -0.2) is 23.7 Å². The van der Waals surface area contributed by atoms with Crippen molar-refractivity contribution in [3.8, 4) is 11.5 Å². The number of ether oxygens (including phenoxy) is 1. The van der Waals surface area contributed by atoms with Gasteiger partial charge in [0.25, 0.3) is 0 Å². The van der Waals surface area contributed by atoms with E-state index in [0.29, 0.717) is 17.9 Å². The lowest BCUT2D eigenvalue weighted by Gasteiger charge is -2.19. The number of benzene rings is 1. The standard InChI is InChI=1S/C13H20N2O3/c1-4-18-11-7-9(5-6-10(11)16)12(13(14)17)15-8(2)3/h5-8,12,15-16H,4H2,1-3H3,(H2,14,17). The number of nitrogens with one attached hydrogen (secondary N) is 1. The molecule has 0 aliphatic rings. The van der Waals surface area contributed by atoms with Gasteiger partial charge in [-0.2, -0.15) is 0 Å². The minimum absolute atomic E-state index is 0.0494. The van der Waals surface area contributed by atoms with Gasteiger partial charge in [0, 0.05) is 6.04 Å². The Bertz CT molecular complexity index is 419. The fourth-order valence-electron chi connectivity index (χ4n) is 1.66. The summed E-state index contributed by atoms with van der Waals surface area (Å²) in [4.78, 5) is 11.4. The maximum Gasteiger partial charge on any atom is 0.239 e. The molecular weight excluding hydrogens is 232 g/mol. The highest BCUT2D eigenvalue weighted by Gasteiger charge is 2.19. The number of hydrogen-bond acceptors (Lipinski definition) is 4. The molecule has 0 aliphatic heterocycles. The number of amides is 1. The van der Waals surface area contributed by atoms with Crippen molar-refractivity contribution in [1.82, 2.24) is 5.32 Å². The SMILES string of the molecule is CCOc1cc(C(NC(C)C)C(N)=O)ccc1O. The Morgan fingerprint density at radius 2 is 2.17 bits per heavy atom. The van der Waals surface area contributed by atoms with Crippen LogP contribution in [0.25, 0.3) is 0 Å². The van der Waals surface area contributed by atoms with E-state index in [2.05, 4.69) is 5.32 Å². The first-order valence-electron chi connectivity index (χ1n) is 5.96. The van der Waals surface area contributed by atoms with Crippen molar-refractivity contribution in [3.05, 3.63) is 23.8 Å². The molecule has 0 saturated carbocycles. The largest absolute Gasteiger partial charge is 0.504 e. The minimum atomic E-state index is -0.593. The van der Waals surface area contributed by atoms with Gasteiger partial charge < -0.3 is 15.6 Å². The van der Waals surface area contributed by atoms with Gasteiger partial charge in [-0.25, -0.2) is 0 Å². The summed E-state index contributed by atoms with van der Waals surface area (Å²) < 4.78 is 5.28. The molecule has 0 aromatic heterocycles. The van der Waals surface area contributed by atoms with Crippen LogP contribution in [0.1, 0.15) is 32.4 Å². The van der Waals surface area contributed by atoms with Crippen LogP contribution < -0.4 is 15.8 Å². The highest BCUT2D eigenvalue weighted by atomic mass is 16.5. The number of phenolic OH excluding ortho intramolecular Hbond substituents is 1. The number of carbonyl (C=O) groups excluding carboxylic acids is 1. The lowest BCUT2D eigenvalue weighted by atomic mass is 10.0. The minimum Gasteiger partial charge on any atom is -0.504 e. The summed E-state index contributed by atoms with van der Waals surface area (Å²) in [6.45, 7) is 6.12. The highest BCUT2D eigenvalue weighted by Crippen LogP contribution is 2.29. The molecule has 5 nitrogen and oxygen atoms in total. The molecule has 1 unspecified atom stereocenters. The van der Waals surface area contributed by atoms with E-state index in [9.17, 15) is 9.90 Å². The molecule has 0 fully saturated rings. The Labute approximate surface area is 107 Å². The molecule has 0 radical (unpaired) electrons. The summed E-state index contributed by atoms with van der Waals surface area (Å²) in [6, 6.07) is 4.31. The number of primary amides is 1. The van der Waals surface area contributed by atoms with Crippen molar-refractivity contribution in [3.63, 3.8) is 0 Å². The van der Waals surface area contributed by atoms with E-state index >= 15 is 0 Å². The van der Waals surface area contributed by atoms with Gasteiger partial charge >= 0.3 is 0 Å². The van der Waals surface area contributed by atoms with E-state index in [1.807, 2.05) is 20.8 Å². The topological polar surface area (TPSA) is 84.6 Å². The summed E-state index contributed by atoms with van der Waals surface area (Å²) in [5.41, 5.74) is 6.05. The number of rotatable bonds is 6. The number of hydrogen-bond donors (Lipinski definition) is 3. The van der Waals surface area contributed by atoms with Crippen molar-refractivity contribution < 1.29 is 14.6 Å². The smallest absolute Gasteiger partial charge is 0.239 e. The first-order chi connectivity index (χ1) is 8.45. The second-order valence-electron chi connectivity index (χ2n) is 4.32. The molecule has 5 heteroatoms. The van der Waals surface area contributed by atoms with Gasteiger partial charge in [0.1, 0.15) is 6.04 Å². The Balaban J connectivity index is 3.04. The first-order valence-corrected chi connectivity index (χ1v) is 5.96. The third kappa shape index (κ3) is 3.63. The van der Waals surface area contributed by atoms with Crippen LogP contribution in [-0.2, 0) is 4.79 Å². The molecule has 4 N–H and O–H groups in total. The fourth-order valence-corrected chi connectivity index (χ4v) is 1.66. The molecule has 1 rings (SSSR count). The van der Waals surface area contributed by atoms with E-state index in [-0.39, 0.29) is 11.8 Å². The summed E-state index contributed by atoms with van der Waals surface area (Å²) in [6.07, 6.45) is 0. The van der Waals surface area contributed by atoms with Gasteiger partial charge in [-0.05, 0) is 38.5 Å². The maximum atomic E-state index is 11.4. The predicted octanol–water partition coefficient (Wildman–Crippen LogP) is 1.32.